The van der Waals surface area contributed by atoms with Crippen LogP contribution in [0, 0.1) is 0 Å². The van der Waals surface area contributed by atoms with Crippen molar-refractivity contribution in [3.05, 3.63) is 108 Å². The molecule has 3 N–H and O–H groups in total. The van der Waals surface area contributed by atoms with Crippen LogP contribution in [-0.4, -0.2) is 20.9 Å². The topological polar surface area (TPSA) is 91.8 Å². The molecule has 0 bridgehead atoms. The lowest BCUT2D eigenvalue weighted by atomic mass is 10.1. The first-order chi connectivity index (χ1) is 17.0. The molecule has 0 saturated heterocycles. The molecule has 0 spiro atoms. The van der Waals surface area contributed by atoms with Gasteiger partial charge in [0.15, 0.2) is 0 Å². The van der Waals surface area contributed by atoms with Crippen LogP contribution in [0.1, 0.15) is 24.2 Å². The summed E-state index contributed by atoms with van der Waals surface area (Å²) in [6, 6.07) is 16.5. The van der Waals surface area contributed by atoms with Crippen molar-refractivity contribution in [3.63, 3.8) is 0 Å². The van der Waals surface area contributed by atoms with E-state index in [4.69, 9.17) is 0 Å². The van der Waals surface area contributed by atoms with Crippen LogP contribution in [-0.2, 0) is 0 Å². The molecule has 1 aromatic carbocycles. The van der Waals surface area contributed by atoms with Gasteiger partial charge in [-0.25, -0.2) is 4.98 Å². The molecule has 0 atom stereocenters. The summed E-state index contributed by atoms with van der Waals surface area (Å²) in [6.45, 7) is 7.88. The number of anilines is 5. The summed E-state index contributed by atoms with van der Waals surface area (Å²) in [4.78, 5) is 25.4. The molecule has 7 heteroatoms. The maximum absolute atomic E-state index is 12.7. The van der Waals surface area contributed by atoms with Crippen molar-refractivity contribution in [1.29, 1.82) is 0 Å². The number of aromatic nitrogens is 3. The fourth-order valence-electron chi connectivity index (χ4n) is 3.42. The summed E-state index contributed by atoms with van der Waals surface area (Å²) in [5, 5.41) is 11.3. The summed E-state index contributed by atoms with van der Waals surface area (Å²) < 4.78 is 0. The second-order valence-electron chi connectivity index (χ2n) is 7.89. The van der Waals surface area contributed by atoms with Crippen LogP contribution in [0.3, 0.4) is 0 Å². The lowest BCUT2D eigenvalue weighted by molar-refractivity contribution is 0.102. The molecule has 0 aliphatic rings. The molecule has 0 radical (unpaired) electrons. The predicted octanol–water partition coefficient (Wildman–Crippen LogP) is 4.77. The molecule has 0 saturated carbocycles. The smallest absolute Gasteiger partial charge is 0.256 e. The SMILES string of the molecule is C=C(C)/C=c1/c(Nc2ccc(C(=O)Nc3ccc(Nc4ccncc4)cn3)cc2)ccn/c1=C/C. The zero-order chi connectivity index (χ0) is 24.6. The lowest BCUT2D eigenvalue weighted by Crippen LogP contribution is -2.30. The maximum Gasteiger partial charge on any atom is 0.256 e. The molecular formula is C28H26N6O. The Kier molecular flexibility index (Phi) is 7.28. The Morgan fingerprint density at radius 2 is 1.57 bits per heavy atom. The van der Waals surface area contributed by atoms with Crippen molar-refractivity contribution in [2.45, 2.75) is 13.8 Å². The molecule has 3 heterocycles. The highest BCUT2D eigenvalue weighted by atomic mass is 16.1. The highest BCUT2D eigenvalue weighted by Gasteiger charge is 2.08. The minimum Gasteiger partial charge on any atom is -0.355 e. The van der Waals surface area contributed by atoms with E-state index >= 15 is 0 Å². The molecule has 0 unspecified atom stereocenters. The highest BCUT2D eigenvalue weighted by Crippen LogP contribution is 2.18. The Balaban J connectivity index is 1.43. The van der Waals surface area contributed by atoms with E-state index < -0.39 is 0 Å². The first kappa shape index (κ1) is 23.4. The Morgan fingerprint density at radius 3 is 2.23 bits per heavy atom. The van der Waals surface area contributed by atoms with Gasteiger partial charge in [-0.05, 0) is 74.5 Å². The van der Waals surface area contributed by atoms with E-state index in [-0.39, 0.29) is 5.91 Å². The van der Waals surface area contributed by atoms with Crippen LogP contribution in [0.25, 0.3) is 12.2 Å². The molecule has 174 valence electrons. The molecule has 0 aliphatic carbocycles. The molecule has 7 nitrogen and oxygen atoms in total. The minimum absolute atomic E-state index is 0.234. The molecule has 1 amide bonds. The maximum atomic E-state index is 12.7. The largest absolute Gasteiger partial charge is 0.355 e. The Labute approximate surface area is 204 Å². The van der Waals surface area contributed by atoms with E-state index in [2.05, 4.69) is 37.5 Å². The van der Waals surface area contributed by atoms with Crippen LogP contribution in [0.2, 0.25) is 0 Å². The number of nitrogens with one attached hydrogen (secondary N) is 3. The number of hydrogen-bond acceptors (Lipinski definition) is 6. The zero-order valence-corrected chi connectivity index (χ0v) is 19.6. The number of amides is 1. The van der Waals surface area contributed by atoms with Gasteiger partial charge in [0.2, 0.25) is 0 Å². The van der Waals surface area contributed by atoms with E-state index in [1.54, 1.807) is 43.0 Å². The van der Waals surface area contributed by atoms with Gasteiger partial charge in [-0.1, -0.05) is 18.2 Å². The van der Waals surface area contributed by atoms with Crippen molar-refractivity contribution in [3.8, 4) is 0 Å². The van der Waals surface area contributed by atoms with Gasteiger partial charge in [0, 0.05) is 46.4 Å². The molecular weight excluding hydrogens is 436 g/mol. The average Bonchev–Trinajstić information content (AvgIpc) is 2.87. The average molecular weight is 463 g/mol. The Morgan fingerprint density at radius 1 is 0.857 bits per heavy atom. The number of carbonyl (C=O) groups is 1. The lowest BCUT2D eigenvalue weighted by Gasteiger charge is -2.10. The van der Waals surface area contributed by atoms with Crippen LogP contribution in [0.15, 0.2) is 91.5 Å². The second kappa shape index (κ2) is 10.9. The fourth-order valence-corrected chi connectivity index (χ4v) is 3.42. The first-order valence-corrected chi connectivity index (χ1v) is 11.1. The number of rotatable bonds is 7. The van der Waals surface area contributed by atoms with Crippen molar-refractivity contribution < 1.29 is 4.79 Å². The summed E-state index contributed by atoms with van der Waals surface area (Å²) >= 11 is 0. The normalized spacial score (nSPS) is 11.7. The zero-order valence-electron chi connectivity index (χ0n) is 19.6. The number of nitrogens with zero attached hydrogens (tertiary/aromatic N) is 3. The third kappa shape index (κ3) is 6.17. The highest BCUT2D eigenvalue weighted by molar-refractivity contribution is 6.04. The van der Waals surface area contributed by atoms with Gasteiger partial charge in [-0.3, -0.25) is 14.8 Å². The molecule has 0 fully saturated rings. The van der Waals surface area contributed by atoms with Gasteiger partial charge >= 0.3 is 0 Å². The summed E-state index contributed by atoms with van der Waals surface area (Å²) in [5.41, 5.74) is 4.96. The molecule has 3 aromatic heterocycles. The van der Waals surface area contributed by atoms with Gasteiger partial charge in [-0.15, -0.1) is 0 Å². The number of carbonyl (C=O) groups excluding carboxylic acids is 1. The van der Waals surface area contributed by atoms with Gasteiger partial charge in [-0.2, -0.15) is 0 Å². The standard InChI is InChI=1S/C28H26N6O/c1-4-25-24(17-19(2)3)26(13-16-30-25)33-21-7-5-20(6-8-21)28(35)34-27-10-9-23(18-31-27)32-22-11-14-29-15-12-22/h4-18,33H,2H2,1,3H3,(H,29,32)(H,31,34,35)/b24-17+,25-4+. The van der Waals surface area contributed by atoms with Crippen molar-refractivity contribution in [2.24, 2.45) is 0 Å². The number of benzene rings is 1. The Bertz CT molecular complexity index is 1450. The molecule has 4 aromatic rings. The minimum atomic E-state index is -0.234. The van der Waals surface area contributed by atoms with Gasteiger partial charge in [0.1, 0.15) is 5.82 Å². The third-order valence-corrected chi connectivity index (χ3v) is 5.09. The van der Waals surface area contributed by atoms with Gasteiger partial charge in [0.05, 0.1) is 17.2 Å². The summed E-state index contributed by atoms with van der Waals surface area (Å²) in [5.74, 6) is 0.236. The monoisotopic (exact) mass is 462 g/mol. The van der Waals surface area contributed by atoms with E-state index in [9.17, 15) is 4.79 Å². The molecule has 0 aliphatic heterocycles. The van der Waals surface area contributed by atoms with Gasteiger partial charge < -0.3 is 16.0 Å². The quantitative estimate of drug-likeness (QED) is 0.367. The first-order valence-electron chi connectivity index (χ1n) is 11.1. The van der Waals surface area contributed by atoms with E-state index in [0.717, 1.165) is 38.9 Å². The predicted molar refractivity (Wildman–Crippen MR) is 142 cm³/mol. The number of hydrogen-bond donors (Lipinski definition) is 3. The van der Waals surface area contributed by atoms with Crippen molar-refractivity contribution in [1.82, 2.24) is 15.0 Å². The summed E-state index contributed by atoms with van der Waals surface area (Å²) in [7, 11) is 0. The Hall–Kier alpha value is -4.78. The van der Waals surface area contributed by atoms with Crippen LogP contribution in [0.5, 0.6) is 0 Å². The van der Waals surface area contributed by atoms with Crippen molar-refractivity contribution in [2.75, 3.05) is 16.0 Å². The fraction of sp³-hybridized carbons (Fsp3) is 0.0714. The molecule has 35 heavy (non-hydrogen) atoms. The van der Waals surface area contributed by atoms with Gasteiger partial charge in [0.25, 0.3) is 5.91 Å². The number of allylic oxidation sites excluding steroid dienone is 1. The van der Waals surface area contributed by atoms with Crippen LogP contribution < -0.4 is 26.5 Å². The third-order valence-electron chi connectivity index (χ3n) is 5.09. The van der Waals surface area contributed by atoms with E-state index in [1.807, 2.05) is 62.4 Å². The molecule has 4 rings (SSSR count). The summed E-state index contributed by atoms with van der Waals surface area (Å²) in [6.07, 6.45) is 10.8. The van der Waals surface area contributed by atoms with Crippen LogP contribution in [0.4, 0.5) is 28.6 Å². The van der Waals surface area contributed by atoms with Crippen molar-refractivity contribution >= 4 is 46.6 Å². The number of pyridine rings is 3. The van der Waals surface area contributed by atoms with Crippen LogP contribution >= 0.6 is 0 Å². The second-order valence-corrected chi connectivity index (χ2v) is 7.89. The van der Waals surface area contributed by atoms with E-state index in [1.165, 1.54) is 0 Å². The van der Waals surface area contributed by atoms with E-state index in [0.29, 0.717) is 11.4 Å².